The van der Waals surface area contributed by atoms with Gasteiger partial charge in [0.25, 0.3) is 10.1 Å². The molecule has 0 saturated carbocycles. The predicted octanol–water partition coefficient (Wildman–Crippen LogP) is -0.785. The van der Waals surface area contributed by atoms with Crippen LogP contribution in [-0.4, -0.2) is 20.1 Å². The van der Waals surface area contributed by atoms with Crippen LogP contribution in [0.25, 0.3) is 0 Å². The normalized spacial score (nSPS) is 12.1. The van der Waals surface area contributed by atoms with E-state index in [-0.39, 0.29) is 43.2 Å². The summed E-state index contributed by atoms with van der Waals surface area (Å²) in [5.41, 5.74) is -1.65. The maximum absolute atomic E-state index is 12.6. The summed E-state index contributed by atoms with van der Waals surface area (Å²) < 4.78 is 73.2. The SMILES string of the molecule is COCc1cccc(C(F)(F)F)c1S(=O)(=O)O.[H-].[Na+]. The second kappa shape index (κ2) is 6.36. The van der Waals surface area contributed by atoms with Crippen molar-refractivity contribution in [1.29, 1.82) is 0 Å². The Morgan fingerprint density at radius 2 is 1.94 bits per heavy atom. The second-order valence-corrected chi connectivity index (χ2v) is 4.56. The molecular weight excluding hydrogens is 284 g/mol. The van der Waals surface area contributed by atoms with Gasteiger partial charge in [0.1, 0.15) is 4.90 Å². The summed E-state index contributed by atoms with van der Waals surface area (Å²) in [6.45, 7) is -0.348. The monoisotopic (exact) mass is 294 g/mol. The van der Waals surface area contributed by atoms with Gasteiger partial charge in [-0.05, 0) is 11.6 Å². The Morgan fingerprint density at radius 1 is 1.39 bits per heavy atom. The fourth-order valence-corrected chi connectivity index (χ4v) is 2.30. The van der Waals surface area contributed by atoms with Crippen molar-refractivity contribution in [3.8, 4) is 0 Å². The first-order chi connectivity index (χ1) is 7.68. The molecule has 0 heterocycles. The molecule has 1 aromatic rings. The number of ether oxygens (including phenoxy) is 1. The van der Waals surface area contributed by atoms with E-state index in [2.05, 4.69) is 4.74 Å². The van der Waals surface area contributed by atoms with Gasteiger partial charge >= 0.3 is 35.7 Å². The smallest absolute Gasteiger partial charge is 1.00 e. The average molecular weight is 294 g/mol. The molecule has 98 valence electrons. The fraction of sp³-hybridized carbons (Fsp3) is 0.333. The number of halogens is 3. The molecule has 1 aromatic carbocycles. The number of hydrogen-bond donors (Lipinski definition) is 1. The topological polar surface area (TPSA) is 63.6 Å². The zero-order valence-corrected chi connectivity index (χ0v) is 12.5. The van der Waals surface area contributed by atoms with E-state index in [1.807, 2.05) is 0 Å². The third-order valence-corrected chi connectivity index (χ3v) is 2.96. The summed E-state index contributed by atoms with van der Waals surface area (Å²) in [6.07, 6.45) is -4.87. The molecule has 1 rings (SSSR count). The molecule has 0 amide bonds. The molecule has 0 unspecified atom stereocenters. The van der Waals surface area contributed by atoms with Crippen LogP contribution < -0.4 is 29.6 Å². The summed E-state index contributed by atoms with van der Waals surface area (Å²) >= 11 is 0. The number of rotatable bonds is 3. The Morgan fingerprint density at radius 3 is 2.33 bits per heavy atom. The first-order valence-corrected chi connectivity index (χ1v) is 5.77. The Kier molecular flexibility index (Phi) is 6.31. The van der Waals surface area contributed by atoms with Crippen LogP contribution in [0.4, 0.5) is 13.2 Å². The van der Waals surface area contributed by atoms with E-state index in [4.69, 9.17) is 4.55 Å². The van der Waals surface area contributed by atoms with Crippen molar-refractivity contribution < 1.29 is 61.9 Å². The van der Waals surface area contributed by atoms with E-state index < -0.39 is 26.8 Å². The van der Waals surface area contributed by atoms with Crippen LogP contribution in [0, 0.1) is 0 Å². The first-order valence-electron chi connectivity index (χ1n) is 4.33. The minimum Gasteiger partial charge on any atom is -1.00 e. The average Bonchev–Trinajstić information content (AvgIpc) is 2.14. The van der Waals surface area contributed by atoms with Crippen LogP contribution >= 0.6 is 0 Å². The van der Waals surface area contributed by atoms with Gasteiger partial charge in [-0.1, -0.05) is 12.1 Å². The second-order valence-electron chi connectivity index (χ2n) is 3.20. The van der Waals surface area contributed by atoms with Gasteiger partial charge in [0, 0.05) is 7.11 Å². The van der Waals surface area contributed by atoms with Crippen LogP contribution in [0.5, 0.6) is 0 Å². The Balaban J connectivity index is 0. The molecule has 0 aliphatic heterocycles. The number of benzene rings is 1. The molecule has 0 bridgehead atoms. The molecule has 0 atom stereocenters. The zero-order chi connectivity index (χ0) is 13.3. The van der Waals surface area contributed by atoms with Crippen molar-refractivity contribution in [3.05, 3.63) is 29.3 Å². The minimum atomic E-state index is -4.97. The van der Waals surface area contributed by atoms with Gasteiger partial charge in [0.15, 0.2) is 0 Å². The molecule has 0 fully saturated rings. The van der Waals surface area contributed by atoms with Crippen LogP contribution in [0.2, 0.25) is 0 Å². The molecular formula is C9H10F3NaO4S. The predicted molar refractivity (Wildman–Crippen MR) is 53.1 cm³/mol. The molecule has 0 aliphatic rings. The van der Waals surface area contributed by atoms with Crippen LogP contribution in [0.1, 0.15) is 12.6 Å². The van der Waals surface area contributed by atoms with E-state index in [1.165, 1.54) is 7.11 Å². The van der Waals surface area contributed by atoms with Gasteiger partial charge < -0.3 is 6.16 Å². The van der Waals surface area contributed by atoms with Crippen molar-refractivity contribution in [1.82, 2.24) is 0 Å². The van der Waals surface area contributed by atoms with Crippen molar-refractivity contribution in [2.45, 2.75) is 17.7 Å². The zero-order valence-electron chi connectivity index (χ0n) is 10.7. The Hall–Kier alpha value is -0.120. The summed E-state index contributed by atoms with van der Waals surface area (Å²) in [6, 6.07) is 2.77. The molecule has 0 saturated heterocycles. The number of alkyl halides is 3. The van der Waals surface area contributed by atoms with E-state index in [0.29, 0.717) is 6.07 Å². The molecule has 9 heteroatoms. The van der Waals surface area contributed by atoms with Crippen LogP contribution in [-0.2, 0) is 27.6 Å². The van der Waals surface area contributed by atoms with Gasteiger partial charge in [-0.15, -0.1) is 0 Å². The van der Waals surface area contributed by atoms with Crippen LogP contribution in [0.3, 0.4) is 0 Å². The van der Waals surface area contributed by atoms with Gasteiger partial charge in [0.05, 0.1) is 12.2 Å². The van der Waals surface area contributed by atoms with E-state index in [9.17, 15) is 21.6 Å². The largest absolute Gasteiger partial charge is 1.00 e. The maximum atomic E-state index is 12.6. The first kappa shape index (κ1) is 17.9. The summed E-state index contributed by atoms with van der Waals surface area (Å²) in [5.74, 6) is 0. The maximum Gasteiger partial charge on any atom is 1.00 e. The van der Waals surface area contributed by atoms with E-state index >= 15 is 0 Å². The summed E-state index contributed by atoms with van der Waals surface area (Å²) in [7, 11) is -3.77. The van der Waals surface area contributed by atoms with Gasteiger partial charge in [-0.25, -0.2) is 0 Å². The Bertz CT molecular complexity index is 519. The number of methoxy groups -OCH3 is 1. The van der Waals surface area contributed by atoms with E-state index in [1.54, 1.807) is 0 Å². The standard InChI is InChI=1S/C9H9F3O4S.Na.H/c1-16-5-6-3-2-4-7(9(10,11)12)8(6)17(13,14)15;;/h2-4H,5H2,1H3,(H,13,14,15);;/q;+1;-1. The van der Waals surface area contributed by atoms with Crippen molar-refractivity contribution in [2.75, 3.05) is 7.11 Å². The molecule has 0 aliphatic carbocycles. The molecule has 1 N–H and O–H groups in total. The van der Waals surface area contributed by atoms with Crippen molar-refractivity contribution in [3.63, 3.8) is 0 Å². The summed E-state index contributed by atoms with van der Waals surface area (Å²) in [5, 5.41) is 0. The number of hydrogen-bond acceptors (Lipinski definition) is 3. The molecule has 0 spiro atoms. The third kappa shape index (κ3) is 4.22. The van der Waals surface area contributed by atoms with Crippen molar-refractivity contribution >= 4 is 10.1 Å². The van der Waals surface area contributed by atoms with Gasteiger partial charge in [0.2, 0.25) is 0 Å². The molecule has 0 aromatic heterocycles. The van der Waals surface area contributed by atoms with Gasteiger partial charge in [-0.2, -0.15) is 21.6 Å². The van der Waals surface area contributed by atoms with Crippen molar-refractivity contribution in [2.24, 2.45) is 0 Å². The molecule has 0 radical (unpaired) electrons. The Labute approximate surface area is 126 Å². The quantitative estimate of drug-likeness (QED) is 0.586. The molecule has 4 nitrogen and oxygen atoms in total. The fourth-order valence-electron chi connectivity index (χ4n) is 1.38. The minimum absolute atomic E-state index is 0. The summed E-state index contributed by atoms with van der Waals surface area (Å²) in [4.78, 5) is -1.16. The van der Waals surface area contributed by atoms with Crippen LogP contribution in [0.15, 0.2) is 23.1 Å². The third-order valence-electron chi connectivity index (χ3n) is 1.96. The van der Waals surface area contributed by atoms with Gasteiger partial charge in [-0.3, -0.25) is 4.55 Å². The van der Waals surface area contributed by atoms with E-state index in [0.717, 1.165) is 12.1 Å². The molecule has 18 heavy (non-hydrogen) atoms.